The first kappa shape index (κ1) is 15.7. The third-order valence-electron chi connectivity index (χ3n) is 5.05. The molecule has 4 heteroatoms. The number of para-hydroxylation sites is 1. The van der Waals surface area contributed by atoms with E-state index in [2.05, 4.69) is 29.2 Å². The van der Waals surface area contributed by atoms with Crippen molar-refractivity contribution in [1.82, 2.24) is 4.90 Å². The summed E-state index contributed by atoms with van der Waals surface area (Å²) in [6, 6.07) is 18.5. The lowest BCUT2D eigenvalue weighted by Gasteiger charge is -2.48. The van der Waals surface area contributed by atoms with Gasteiger partial charge in [0.2, 0.25) is 0 Å². The van der Waals surface area contributed by atoms with Crippen molar-refractivity contribution in [2.75, 3.05) is 25.0 Å². The summed E-state index contributed by atoms with van der Waals surface area (Å²) in [7, 11) is 1.91. The number of thioether (sulfide) groups is 1. The zero-order chi connectivity index (χ0) is 16.6. The molecule has 0 bridgehead atoms. The van der Waals surface area contributed by atoms with Gasteiger partial charge >= 0.3 is 0 Å². The van der Waals surface area contributed by atoms with Gasteiger partial charge in [-0.3, -0.25) is 9.69 Å². The van der Waals surface area contributed by atoms with E-state index in [4.69, 9.17) is 0 Å². The molecule has 124 valence electrons. The van der Waals surface area contributed by atoms with Crippen LogP contribution < -0.4 is 4.90 Å². The van der Waals surface area contributed by atoms with Crippen molar-refractivity contribution in [2.24, 2.45) is 0 Å². The summed E-state index contributed by atoms with van der Waals surface area (Å²) in [5.74, 6) is 0.166. The first-order valence-corrected chi connectivity index (χ1v) is 9.42. The minimum Gasteiger partial charge on any atom is -0.312 e. The van der Waals surface area contributed by atoms with Crippen LogP contribution in [-0.4, -0.2) is 30.9 Å². The molecule has 2 aliphatic rings. The molecule has 0 saturated carbocycles. The lowest BCUT2D eigenvalue weighted by Crippen LogP contribution is -2.57. The molecule has 0 aromatic heterocycles. The monoisotopic (exact) mass is 338 g/mol. The molecular weight excluding hydrogens is 316 g/mol. The van der Waals surface area contributed by atoms with Gasteiger partial charge in [-0.25, -0.2) is 0 Å². The van der Waals surface area contributed by atoms with E-state index in [9.17, 15) is 4.79 Å². The topological polar surface area (TPSA) is 23.6 Å². The van der Waals surface area contributed by atoms with E-state index in [0.29, 0.717) is 0 Å². The second-order valence-electron chi connectivity index (χ2n) is 6.49. The summed E-state index contributed by atoms with van der Waals surface area (Å²) in [5.41, 5.74) is 2.10. The van der Waals surface area contributed by atoms with Gasteiger partial charge in [0.1, 0.15) is 0 Å². The van der Waals surface area contributed by atoms with Crippen molar-refractivity contribution in [1.29, 1.82) is 0 Å². The highest BCUT2D eigenvalue weighted by Crippen LogP contribution is 2.52. The van der Waals surface area contributed by atoms with Crippen LogP contribution in [0.2, 0.25) is 0 Å². The number of hydrogen-bond acceptors (Lipinski definition) is 3. The number of carbonyl (C=O) groups excluding carboxylic acids is 1. The van der Waals surface area contributed by atoms with E-state index in [1.165, 1.54) is 11.3 Å². The van der Waals surface area contributed by atoms with Gasteiger partial charge in [-0.05, 0) is 30.5 Å². The van der Waals surface area contributed by atoms with Gasteiger partial charge in [-0.2, -0.15) is 0 Å². The Morgan fingerprint density at radius 3 is 2.33 bits per heavy atom. The summed E-state index contributed by atoms with van der Waals surface area (Å²) >= 11 is 1.71. The summed E-state index contributed by atoms with van der Waals surface area (Å²) in [6.07, 6.45) is 3.58. The van der Waals surface area contributed by atoms with Crippen molar-refractivity contribution >= 4 is 23.4 Å². The minimum absolute atomic E-state index is 0.166. The van der Waals surface area contributed by atoms with Crippen LogP contribution in [0.15, 0.2) is 59.5 Å². The average Bonchev–Trinajstić information content (AvgIpc) is 2.66. The number of benzene rings is 2. The Kier molecular flexibility index (Phi) is 4.10. The summed E-state index contributed by atoms with van der Waals surface area (Å²) in [5, 5.41) is 0. The maximum atomic E-state index is 13.6. The normalized spacial score (nSPS) is 24.7. The van der Waals surface area contributed by atoms with E-state index < -0.39 is 4.87 Å². The Balaban J connectivity index is 1.89. The van der Waals surface area contributed by atoms with Gasteiger partial charge in [0.25, 0.3) is 5.91 Å². The maximum Gasteiger partial charge on any atom is 0.262 e. The number of rotatable bonds is 2. The van der Waals surface area contributed by atoms with E-state index in [0.717, 1.165) is 37.2 Å². The maximum absolute atomic E-state index is 13.6. The first-order chi connectivity index (χ1) is 11.7. The molecule has 4 rings (SSSR count). The van der Waals surface area contributed by atoms with Crippen LogP contribution in [0.5, 0.6) is 0 Å². The average molecular weight is 338 g/mol. The Labute approximate surface area is 147 Å². The smallest absolute Gasteiger partial charge is 0.262 e. The SMILES string of the molecule is CN1C(=O)C(c2ccccc2)(N2CCCCC2)Sc2ccccc21. The molecular formula is C20H22N2OS. The summed E-state index contributed by atoms with van der Waals surface area (Å²) in [4.78, 5) is 18.3. The second kappa shape index (κ2) is 6.26. The number of nitrogens with zero attached hydrogens (tertiary/aromatic N) is 2. The van der Waals surface area contributed by atoms with Gasteiger partial charge < -0.3 is 4.90 Å². The summed E-state index contributed by atoms with van der Waals surface area (Å²) in [6.45, 7) is 1.95. The van der Waals surface area contributed by atoms with Gasteiger partial charge in [-0.15, -0.1) is 0 Å². The van der Waals surface area contributed by atoms with Crippen molar-refractivity contribution < 1.29 is 4.79 Å². The lowest BCUT2D eigenvalue weighted by atomic mass is 9.99. The van der Waals surface area contributed by atoms with Crippen LogP contribution in [0.1, 0.15) is 24.8 Å². The zero-order valence-corrected chi connectivity index (χ0v) is 14.8. The van der Waals surface area contributed by atoms with E-state index >= 15 is 0 Å². The Morgan fingerprint density at radius 1 is 0.917 bits per heavy atom. The molecule has 2 aromatic carbocycles. The fourth-order valence-electron chi connectivity index (χ4n) is 3.80. The largest absolute Gasteiger partial charge is 0.312 e. The molecule has 1 saturated heterocycles. The second-order valence-corrected chi connectivity index (χ2v) is 7.73. The molecule has 2 aliphatic heterocycles. The third kappa shape index (κ3) is 2.36. The Morgan fingerprint density at radius 2 is 1.58 bits per heavy atom. The highest BCUT2D eigenvalue weighted by molar-refractivity contribution is 8.01. The van der Waals surface area contributed by atoms with Crippen molar-refractivity contribution in [3.05, 3.63) is 60.2 Å². The Bertz CT molecular complexity index is 742. The van der Waals surface area contributed by atoms with E-state index in [1.807, 2.05) is 42.3 Å². The van der Waals surface area contributed by atoms with Gasteiger partial charge in [-0.1, -0.05) is 60.6 Å². The molecule has 1 fully saturated rings. The molecule has 2 heterocycles. The van der Waals surface area contributed by atoms with Crippen molar-refractivity contribution in [3.63, 3.8) is 0 Å². The molecule has 24 heavy (non-hydrogen) atoms. The number of likely N-dealkylation sites (N-methyl/N-ethyl adjacent to an activating group) is 1. The van der Waals surface area contributed by atoms with Crippen LogP contribution in [0.4, 0.5) is 5.69 Å². The number of amides is 1. The quantitative estimate of drug-likeness (QED) is 0.824. The predicted molar refractivity (Wildman–Crippen MR) is 99.3 cm³/mol. The van der Waals surface area contributed by atoms with Gasteiger partial charge in [0, 0.05) is 25.0 Å². The lowest BCUT2D eigenvalue weighted by molar-refractivity contribution is -0.126. The predicted octanol–water partition coefficient (Wildman–Crippen LogP) is 4.09. The molecule has 2 aromatic rings. The standard InChI is InChI=1S/C20H22N2OS/c1-21-17-12-6-7-13-18(17)24-20(19(21)23,16-10-4-2-5-11-16)22-14-8-3-9-15-22/h2,4-7,10-13H,3,8-9,14-15H2,1H3. The van der Waals surface area contributed by atoms with Crippen molar-refractivity contribution in [3.8, 4) is 0 Å². The van der Waals surface area contributed by atoms with Crippen LogP contribution >= 0.6 is 11.8 Å². The zero-order valence-electron chi connectivity index (χ0n) is 13.9. The molecule has 0 aliphatic carbocycles. The highest BCUT2D eigenvalue weighted by Gasteiger charge is 2.51. The van der Waals surface area contributed by atoms with E-state index in [-0.39, 0.29) is 5.91 Å². The fourth-order valence-corrected chi connectivity index (χ4v) is 5.36. The number of carbonyl (C=O) groups is 1. The minimum atomic E-state index is -0.648. The first-order valence-electron chi connectivity index (χ1n) is 8.60. The number of fused-ring (bicyclic) bond motifs is 1. The molecule has 0 spiro atoms. The number of anilines is 1. The van der Waals surface area contributed by atoms with Crippen LogP contribution in [0.25, 0.3) is 0 Å². The molecule has 1 unspecified atom stereocenters. The van der Waals surface area contributed by atoms with Crippen LogP contribution in [-0.2, 0) is 9.67 Å². The third-order valence-corrected chi connectivity index (χ3v) is 6.57. The number of piperidine rings is 1. The molecule has 1 amide bonds. The van der Waals surface area contributed by atoms with Gasteiger partial charge in [0.15, 0.2) is 4.87 Å². The molecule has 3 nitrogen and oxygen atoms in total. The molecule has 1 atom stereocenters. The van der Waals surface area contributed by atoms with E-state index in [1.54, 1.807) is 11.8 Å². The Hall–Kier alpha value is -1.78. The van der Waals surface area contributed by atoms with Crippen molar-refractivity contribution in [2.45, 2.75) is 29.0 Å². The molecule has 0 radical (unpaired) electrons. The van der Waals surface area contributed by atoms with Gasteiger partial charge in [0.05, 0.1) is 5.69 Å². The number of likely N-dealkylation sites (tertiary alicyclic amines) is 1. The summed E-state index contributed by atoms with van der Waals surface area (Å²) < 4.78 is 0. The highest BCUT2D eigenvalue weighted by atomic mass is 32.2. The van der Waals surface area contributed by atoms with Crippen LogP contribution in [0.3, 0.4) is 0 Å². The number of hydrogen-bond donors (Lipinski definition) is 0. The fraction of sp³-hybridized carbons (Fsp3) is 0.350. The van der Waals surface area contributed by atoms with Crippen LogP contribution in [0, 0.1) is 0 Å². The molecule has 0 N–H and O–H groups in total.